The van der Waals surface area contributed by atoms with Crippen molar-refractivity contribution in [3.05, 3.63) is 47.1 Å². The molecule has 29 heavy (non-hydrogen) atoms. The summed E-state index contributed by atoms with van der Waals surface area (Å²) in [7, 11) is 0. The van der Waals surface area contributed by atoms with E-state index in [1.54, 1.807) is 11.3 Å². The third kappa shape index (κ3) is 3.54. The molecule has 3 N–H and O–H groups in total. The largest absolute Gasteiger partial charge is 0.488 e. The van der Waals surface area contributed by atoms with Crippen LogP contribution in [0.3, 0.4) is 0 Å². The summed E-state index contributed by atoms with van der Waals surface area (Å²) in [6.45, 7) is 6.20. The number of aromatic amines is 1. The number of rotatable bonds is 5. The maximum atomic E-state index is 6.50. The molecule has 5 rings (SSSR count). The Morgan fingerprint density at radius 3 is 2.83 bits per heavy atom. The number of benzene rings is 1. The molecule has 4 aromatic rings. The molecule has 4 heterocycles. The number of hydrogen-bond donors (Lipinski definition) is 2. The summed E-state index contributed by atoms with van der Waals surface area (Å²) >= 11 is 1.65. The van der Waals surface area contributed by atoms with Gasteiger partial charge in [-0.15, -0.1) is 21.5 Å². The second-order valence-corrected chi connectivity index (χ2v) is 8.58. The van der Waals surface area contributed by atoms with Gasteiger partial charge >= 0.3 is 0 Å². The molecule has 1 saturated heterocycles. The standard InChI is InChI=1S/C21H23N5O2S/c1-12-16(13(2)24-23-12)11-18-25-26-21(28-18)20-19(27-14-7-9-22-10-8-14)15-5-3-4-6-17(15)29-20/h3-6,14,22H,7-11H2,1-2H3,(H,23,24)/p+1. The second-order valence-electron chi connectivity index (χ2n) is 7.53. The SMILES string of the molecule is Cc1n[nH]c(C)c1Cc1nnc(-c2sc3ccccc3c2OC2CC[NH2+]CC2)o1. The molecule has 1 aliphatic heterocycles. The summed E-state index contributed by atoms with van der Waals surface area (Å²) in [6.07, 6.45) is 2.91. The van der Waals surface area contributed by atoms with Crippen molar-refractivity contribution in [1.29, 1.82) is 0 Å². The lowest BCUT2D eigenvalue weighted by atomic mass is 10.1. The van der Waals surface area contributed by atoms with Gasteiger partial charge in [0.25, 0.3) is 5.89 Å². The Labute approximate surface area is 172 Å². The molecular formula is C21H24N5O2S+. The van der Waals surface area contributed by atoms with Crippen molar-refractivity contribution < 1.29 is 14.5 Å². The van der Waals surface area contributed by atoms with Crippen LogP contribution in [0.5, 0.6) is 5.75 Å². The Morgan fingerprint density at radius 2 is 2.03 bits per heavy atom. The van der Waals surface area contributed by atoms with E-state index in [1.165, 1.54) is 4.70 Å². The van der Waals surface area contributed by atoms with Crippen LogP contribution in [-0.2, 0) is 6.42 Å². The number of nitrogens with one attached hydrogen (secondary N) is 1. The molecule has 150 valence electrons. The van der Waals surface area contributed by atoms with Crippen LogP contribution in [0.4, 0.5) is 0 Å². The predicted molar refractivity (Wildman–Crippen MR) is 111 cm³/mol. The Hall–Kier alpha value is -2.71. The summed E-state index contributed by atoms with van der Waals surface area (Å²) in [4.78, 5) is 0.917. The minimum Gasteiger partial charge on any atom is -0.488 e. The van der Waals surface area contributed by atoms with Crippen molar-refractivity contribution >= 4 is 21.4 Å². The number of hydrogen-bond acceptors (Lipinski definition) is 6. The Morgan fingerprint density at radius 1 is 1.21 bits per heavy atom. The van der Waals surface area contributed by atoms with E-state index in [0.29, 0.717) is 18.2 Å². The third-order valence-electron chi connectivity index (χ3n) is 5.49. The number of nitrogens with two attached hydrogens (primary N) is 1. The molecule has 3 aromatic heterocycles. The van der Waals surface area contributed by atoms with Crippen molar-refractivity contribution in [2.24, 2.45) is 0 Å². The topological polar surface area (TPSA) is 93.4 Å². The van der Waals surface area contributed by atoms with Crippen molar-refractivity contribution in [2.45, 2.75) is 39.2 Å². The molecule has 1 fully saturated rings. The minimum atomic E-state index is 0.232. The smallest absolute Gasteiger partial charge is 0.261 e. The molecule has 7 nitrogen and oxygen atoms in total. The first-order chi connectivity index (χ1) is 14.2. The number of nitrogens with zero attached hydrogens (tertiary/aromatic N) is 3. The molecule has 0 saturated carbocycles. The number of aromatic nitrogens is 4. The van der Waals surface area contributed by atoms with E-state index in [2.05, 4.69) is 37.8 Å². The van der Waals surface area contributed by atoms with Crippen LogP contribution in [0.2, 0.25) is 0 Å². The fraction of sp³-hybridized carbons (Fsp3) is 0.381. The summed E-state index contributed by atoms with van der Waals surface area (Å²) in [5.74, 6) is 1.99. The molecule has 8 heteroatoms. The molecular weight excluding hydrogens is 386 g/mol. The van der Waals surface area contributed by atoms with Crippen LogP contribution >= 0.6 is 11.3 Å². The normalized spacial score (nSPS) is 15.2. The van der Waals surface area contributed by atoms with E-state index in [0.717, 1.165) is 58.9 Å². The minimum absolute atomic E-state index is 0.232. The van der Waals surface area contributed by atoms with Gasteiger partial charge in [-0.3, -0.25) is 5.10 Å². The lowest BCUT2D eigenvalue weighted by Gasteiger charge is -2.22. The molecule has 0 amide bonds. The molecule has 1 aliphatic rings. The van der Waals surface area contributed by atoms with Gasteiger partial charge in [-0.1, -0.05) is 12.1 Å². The maximum absolute atomic E-state index is 6.50. The van der Waals surface area contributed by atoms with E-state index in [1.807, 2.05) is 26.0 Å². The van der Waals surface area contributed by atoms with Crippen LogP contribution in [0.1, 0.15) is 35.7 Å². The van der Waals surface area contributed by atoms with Crippen molar-refractivity contribution in [1.82, 2.24) is 20.4 Å². The number of thiophene rings is 1. The zero-order valence-electron chi connectivity index (χ0n) is 16.6. The van der Waals surface area contributed by atoms with Crippen LogP contribution in [-0.4, -0.2) is 39.6 Å². The highest BCUT2D eigenvalue weighted by Gasteiger charge is 2.25. The van der Waals surface area contributed by atoms with Crippen LogP contribution in [0.25, 0.3) is 20.9 Å². The number of H-pyrrole nitrogens is 1. The fourth-order valence-corrected chi connectivity index (χ4v) is 4.92. The van der Waals surface area contributed by atoms with Gasteiger partial charge in [-0.05, 0) is 26.0 Å². The van der Waals surface area contributed by atoms with E-state index in [9.17, 15) is 0 Å². The number of fused-ring (bicyclic) bond motifs is 1. The second kappa shape index (κ2) is 7.61. The van der Waals surface area contributed by atoms with Gasteiger partial charge < -0.3 is 14.5 Å². The highest BCUT2D eigenvalue weighted by molar-refractivity contribution is 7.22. The maximum Gasteiger partial charge on any atom is 0.261 e. The highest BCUT2D eigenvalue weighted by atomic mass is 32.1. The molecule has 0 aliphatic carbocycles. The Kier molecular flexibility index (Phi) is 4.81. The summed E-state index contributed by atoms with van der Waals surface area (Å²) in [6, 6.07) is 8.31. The van der Waals surface area contributed by atoms with Gasteiger partial charge in [0.1, 0.15) is 11.0 Å². The van der Waals surface area contributed by atoms with Crippen LogP contribution in [0.15, 0.2) is 28.7 Å². The lowest BCUT2D eigenvalue weighted by Crippen LogP contribution is -2.86. The summed E-state index contributed by atoms with van der Waals surface area (Å²) in [5, 5.41) is 19.4. The molecule has 0 atom stereocenters. The highest BCUT2D eigenvalue weighted by Crippen LogP contribution is 2.44. The number of quaternary nitrogens is 1. The van der Waals surface area contributed by atoms with E-state index < -0.39 is 0 Å². The van der Waals surface area contributed by atoms with E-state index in [-0.39, 0.29) is 6.10 Å². The third-order valence-corrected chi connectivity index (χ3v) is 6.63. The van der Waals surface area contributed by atoms with Crippen LogP contribution in [0, 0.1) is 13.8 Å². The lowest BCUT2D eigenvalue weighted by molar-refractivity contribution is -0.664. The monoisotopic (exact) mass is 410 g/mol. The van der Waals surface area contributed by atoms with E-state index >= 15 is 0 Å². The van der Waals surface area contributed by atoms with Gasteiger partial charge in [0.2, 0.25) is 5.89 Å². The van der Waals surface area contributed by atoms with E-state index in [4.69, 9.17) is 9.15 Å². The van der Waals surface area contributed by atoms with Gasteiger partial charge in [0.15, 0.2) is 5.75 Å². The Balaban J connectivity index is 1.49. The molecule has 0 radical (unpaired) electrons. The van der Waals surface area contributed by atoms with Gasteiger partial charge in [-0.2, -0.15) is 5.10 Å². The van der Waals surface area contributed by atoms with Crippen LogP contribution < -0.4 is 10.1 Å². The van der Waals surface area contributed by atoms with Gasteiger partial charge in [0, 0.05) is 34.2 Å². The molecule has 0 spiro atoms. The zero-order chi connectivity index (χ0) is 19.8. The van der Waals surface area contributed by atoms with Crippen molar-refractivity contribution in [3.63, 3.8) is 0 Å². The first-order valence-corrected chi connectivity index (χ1v) is 10.8. The average Bonchev–Trinajstić information content (AvgIpc) is 3.43. The molecule has 0 unspecified atom stereocenters. The number of aryl methyl sites for hydroxylation is 2. The number of piperidine rings is 1. The first kappa shape index (κ1) is 18.3. The zero-order valence-corrected chi connectivity index (χ0v) is 17.4. The summed E-state index contributed by atoms with van der Waals surface area (Å²) in [5.41, 5.74) is 3.09. The van der Waals surface area contributed by atoms with Crippen molar-refractivity contribution in [2.75, 3.05) is 13.1 Å². The molecule has 1 aromatic carbocycles. The summed E-state index contributed by atoms with van der Waals surface area (Å²) < 4.78 is 13.7. The predicted octanol–water partition coefficient (Wildman–Crippen LogP) is 2.99. The number of ether oxygens (including phenoxy) is 1. The Bertz CT molecular complexity index is 1120. The van der Waals surface area contributed by atoms with Crippen molar-refractivity contribution in [3.8, 4) is 16.5 Å². The average molecular weight is 411 g/mol. The first-order valence-electron chi connectivity index (χ1n) is 10.0. The fourth-order valence-electron chi connectivity index (χ4n) is 3.86. The van der Waals surface area contributed by atoms with Gasteiger partial charge in [0.05, 0.1) is 25.2 Å². The van der Waals surface area contributed by atoms with Gasteiger partial charge in [-0.25, -0.2) is 0 Å². The quantitative estimate of drug-likeness (QED) is 0.528. The molecule has 0 bridgehead atoms.